The van der Waals surface area contributed by atoms with Crippen molar-refractivity contribution in [3.63, 3.8) is 0 Å². The molecule has 1 aromatic rings. The van der Waals surface area contributed by atoms with Crippen LogP contribution in [0.25, 0.3) is 0 Å². The highest BCUT2D eigenvalue weighted by Gasteiger charge is 2.57. The number of carbonyl (C=O) groups is 2. The predicted octanol–water partition coefficient (Wildman–Crippen LogP) is 1.57. The van der Waals surface area contributed by atoms with Crippen molar-refractivity contribution in [2.45, 2.75) is 16.1 Å². The number of rotatable bonds is 1. The zero-order valence-electron chi connectivity index (χ0n) is 9.04. The fourth-order valence-electron chi connectivity index (χ4n) is 2.15. The second-order valence-corrected chi connectivity index (χ2v) is 5.42. The molecule has 92 valence electrons. The van der Waals surface area contributed by atoms with Gasteiger partial charge in [-0.25, -0.2) is 0 Å². The lowest BCUT2D eigenvalue weighted by Crippen LogP contribution is -2.36. The van der Waals surface area contributed by atoms with E-state index in [0.29, 0.717) is 11.3 Å². The van der Waals surface area contributed by atoms with Gasteiger partial charge in [0.15, 0.2) is 10.5 Å². The van der Waals surface area contributed by atoms with Crippen molar-refractivity contribution in [1.29, 1.82) is 0 Å². The number of cyclic esters (lactones) is 1. The number of nitro groups is 1. The topological polar surface area (TPSA) is 86.5 Å². The second kappa shape index (κ2) is 3.55. The van der Waals surface area contributed by atoms with Gasteiger partial charge in [0.1, 0.15) is 0 Å². The van der Waals surface area contributed by atoms with Gasteiger partial charge in [-0.3, -0.25) is 19.7 Å². The van der Waals surface area contributed by atoms with E-state index in [1.165, 1.54) is 18.2 Å². The minimum absolute atomic E-state index is 0.147. The summed E-state index contributed by atoms with van der Waals surface area (Å²) in [6, 6.07) is 4.07. The molecule has 1 unspecified atom stereocenters. The number of benzene rings is 1. The SMILES string of the molecule is O=C1OCCC12Sc1ccc([N+](=O)[O-])cc1C2=O. The summed E-state index contributed by atoms with van der Waals surface area (Å²) in [6.45, 7) is 0.216. The van der Waals surface area contributed by atoms with Gasteiger partial charge in [-0.05, 0) is 6.07 Å². The van der Waals surface area contributed by atoms with Crippen molar-refractivity contribution in [3.8, 4) is 0 Å². The molecule has 2 aliphatic rings. The summed E-state index contributed by atoms with van der Waals surface area (Å²) in [7, 11) is 0. The van der Waals surface area contributed by atoms with Crippen LogP contribution >= 0.6 is 11.8 Å². The predicted molar refractivity (Wildman–Crippen MR) is 61.6 cm³/mol. The number of hydrogen-bond acceptors (Lipinski definition) is 6. The number of thioether (sulfide) groups is 1. The molecule has 3 rings (SSSR count). The van der Waals surface area contributed by atoms with Gasteiger partial charge in [-0.2, -0.15) is 0 Å². The molecule has 0 radical (unpaired) electrons. The molecule has 1 fully saturated rings. The minimum atomic E-state index is -1.21. The molecule has 0 aromatic heterocycles. The summed E-state index contributed by atoms with van der Waals surface area (Å²) in [5.74, 6) is -0.926. The van der Waals surface area contributed by atoms with Crippen LogP contribution in [0.2, 0.25) is 0 Å². The Morgan fingerprint density at radius 3 is 2.78 bits per heavy atom. The van der Waals surface area contributed by atoms with Crippen molar-refractivity contribution < 1.29 is 19.2 Å². The first-order chi connectivity index (χ1) is 8.54. The van der Waals surface area contributed by atoms with Crippen molar-refractivity contribution in [2.24, 2.45) is 0 Å². The molecule has 1 spiro atoms. The van der Waals surface area contributed by atoms with Gasteiger partial charge in [-0.1, -0.05) is 11.8 Å². The Kier molecular flexibility index (Phi) is 2.21. The number of Topliss-reactive ketones (excluding diaryl/α,β-unsaturated/α-hetero) is 1. The zero-order chi connectivity index (χ0) is 12.9. The second-order valence-electron chi connectivity index (χ2n) is 4.08. The molecule has 2 heterocycles. The summed E-state index contributed by atoms with van der Waals surface area (Å²) < 4.78 is 3.64. The van der Waals surface area contributed by atoms with Crippen molar-refractivity contribution in [2.75, 3.05) is 6.61 Å². The van der Waals surface area contributed by atoms with E-state index >= 15 is 0 Å². The van der Waals surface area contributed by atoms with E-state index < -0.39 is 15.6 Å². The zero-order valence-corrected chi connectivity index (χ0v) is 9.86. The number of nitro benzene ring substituents is 1. The quantitative estimate of drug-likeness (QED) is 0.331. The lowest BCUT2D eigenvalue weighted by Gasteiger charge is -2.13. The molecular weight excluding hydrogens is 258 g/mol. The van der Waals surface area contributed by atoms with E-state index in [9.17, 15) is 19.7 Å². The molecule has 1 aromatic carbocycles. The molecule has 18 heavy (non-hydrogen) atoms. The maximum absolute atomic E-state index is 12.3. The molecular formula is C11H7NO5S. The van der Waals surface area contributed by atoms with E-state index in [1.807, 2.05) is 0 Å². The third-order valence-corrected chi connectivity index (χ3v) is 4.57. The van der Waals surface area contributed by atoms with Crippen molar-refractivity contribution >= 4 is 29.2 Å². The van der Waals surface area contributed by atoms with Crippen LogP contribution in [0.5, 0.6) is 0 Å². The molecule has 7 heteroatoms. The minimum Gasteiger partial charge on any atom is -0.464 e. The lowest BCUT2D eigenvalue weighted by atomic mass is 9.96. The Morgan fingerprint density at radius 2 is 2.17 bits per heavy atom. The van der Waals surface area contributed by atoms with Crippen LogP contribution < -0.4 is 0 Å². The summed E-state index contributed by atoms with van der Waals surface area (Å²) in [5.41, 5.74) is 0.0964. The highest BCUT2D eigenvalue weighted by Crippen LogP contribution is 2.50. The van der Waals surface area contributed by atoms with Gasteiger partial charge in [-0.15, -0.1) is 0 Å². The average Bonchev–Trinajstić information content (AvgIpc) is 2.83. The van der Waals surface area contributed by atoms with Crippen LogP contribution in [0.15, 0.2) is 23.1 Å². The van der Waals surface area contributed by atoms with E-state index in [-0.39, 0.29) is 23.6 Å². The fourth-order valence-corrected chi connectivity index (χ4v) is 3.46. The Bertz CT molecular complexity index is 599. The summed E-state index contributed by atoms with van der Waals surface area (Å²) in [4.78, 5) is 34.7. The average molecular weight is 265 g/mol. The lowest BCUT2D eigenvalue weighted by molar-refractivity contribution is -0.384. The Morgan fingerprint density at radius 1 is 1.39 bits per heavy atom. The van der Waals surface area contributed by atoms with Crippen LogP contribution in [-0.2, 0) is 9.53 Å². The largest absolute Gasteiger partial charge is 0.464 e. The molecule has 1 atom stereocenters. The van der Waals surface area contributed by atoms with Gasteiger partial charge < -0.3 is 4.74 Å². The van der Waals surface area contributed by atoms with E-state index in [4.69, 9.17) is 4.74 Å². The first-order valence-corrected chi connectivity index (χ1v) is 6.06. The van der Waals surface area contributed by atoms with Crippen molar-refractivity contribution in [1.82, 2.24) is 0 Å². The highest BCUT2D eigenvalue weighted by molar-refractivity contribution is 8.03. The number of carbonyl (C=O) groups excluding carboxylic acids is 2. The standard InChI is InChI=1S/C11H7NO5S/c13-9-7-5-6(12(15)16)1-2-8(7)18-11(9)3-4-17-10(11)14/h1-2,5H,3-4H2. The van der Waals surface area contributed by atoms with E-state index in [0.717, 1.165) is 11.8 Å². The first-order valence-electron chi connectivity index (χ1n) is 5.24. The molecule has 0 saturated carbocycles. The Labute approximate surface area is 105 Å². The van der Waals surface area contributed by atoms with E-state index in [2.05, 4.69) is 0 Å². The van der Waals surface area contributed by atoms with Gasteiger partial charge in [0.05, 0.1) is 11.5 Å². The number of hydrogen-bond donors (Lipinski definition) is 0. The van der Waals surface area contributed by atoms with Gasteiger partial charge in [0.25, 0.3) is 5.69 Å². The fraction of sp³-hybridized carbons (Fsp3) is 0.273. The molecule has 2 aliphatic heterocycles. The maximum atomic E-state index is 12.3. The summed E-state index contributed by atoms with van der Waals surface area (Å²) in [5, 5.41) is 10.7. The molecule has 0 aliphatic carbocycles. The molecule has 1 saturated heterocycles. The van der Waals surface area contributed by atoms with Crippen LogP contribution in [-0.4, -0.2) is 28.0 Å². The van der Waals surface area contributed by atoms with Crippen LogP contribution in [0, 0.1) is 10.1 Å². The third kappa shape index (κ3) is 1.30. The number of ketones is 1. The van der Waals surface area contributed by atoms with Crippen LogP contribution in [0.3, 0.4) is 0 Å². The highest BCUT2D eigenvalue weighted by atomic mass is 32.2. The van der Waals surface area contributed by atoms with E-state index in [1.54, 1.807) is 0 Å². The number of esters is 1. The van der Waals surface area contributed by atoms with Gasteiger partial charge >= 0.3 is 5.97 Å². The van der Waals surface area contributed by atoms with Gasteiger partial charge in [0.2, 0.25) is 0 Å². The maximum Gasteiger partial charge on any atom is 0.330 e. The summed E-state index contributed by atoms with van der Waals surface area (Å²) >= 11 is 1.14. The monoisotopic (exact) mass is 265 g/mol. The third-order valence-electron chi connectivity index (χ3n) is 3.09. The number of nitrogens with zero attached hydrogens (tertiary/aromatic N) is 1. The van der Waals surface area contributed by atoms with Crippen LogP contribution in [0.1, 0.15) is 16.8 Å². The van der Waals surface area contributed by atoms with Crippen LogP contribution in [0.4, 0.5) is 5.69 Å². The normalized spacial score (nSPS) is 25.3. The smallest absolute Gasteiger partial charge is 0.330 e. The Balaban J connectivity index is 2.10. The van der Waals surface area contributed by atoms with Gasteiger partial charge in [0, 0.05) is 29.0 Å². The molecule has 0 amide bonds. The summed E-state index contributed by atoms with van der Waals surface area (Å²) in [6.07, 6.45) is 0.317. The number of fused-ring (bicyclic) bond motifs is 1. The molecule has 0 N–H and O–H groups in total. The Hall–Kier alpha value is -1.89. The molecule has 0 bridgehead atoms. The number of ether oxygens (including phenoxy) is 1. The molecule has 6 nitrogen and oxygen atoms in total. The van der Waals surface area contributed by atoms with Crippen molar-refractivity contribution in [3.05, 3.63) is 33.9 Å². The number of non-ortho nitro benzene ring substituents is 1. The first kappa shape index (κ1) is 11.2.